The summed E-state index contributed by atoms with van der Waals surface area (Å²) < 4.78 is 11.0. The minimum absolute atomic E-state index is 0.104. The van der Waals surface area contributed by atoms with Crippen LogP contribution in [0.5, 0.6) is 0 Å². The second-order valence-corrected chi connectivity index (χ2v) is 7.17. The van der Waals surface area contributed by atoms with E-state index in [4.69, 9.17) is 9.15 Å². The van der Waals surface area contributed by atoms with Crippen molar-refractivity contribution >= 4 is 29.1 Å². The first-order valence-corrected chi connectivity index (χ1v) is 10.0. The fourth-order valence-corrected chi connectivity index (χ4v) is 3.50. The highest BCUT2D eigenvalue weighted by atomic mass is 16.5. The van der Waals surface area contributed by atoms with Crippen molar-refractivity contribution in [2.24, 2.45) is 0 Å². The van der Waals surface area contributed by atoms with E-state index in [9.17, 15) is 9.59 Å². The normalized spacial score (nSPS) is 15.9. The van der Waals surface area contributed by atoms with E-state index in [1.54, 1.807) is 0 Å². The summed E-state index contributed by atoms with van der Waals surface area (Å²) >= 11 is 0. The zero-order valence-electron chi connectivity index (χ0n) is 16.5. The van der Waals surface area contributed by atoms with Crippen LogP contribution in [0.4, 0.5) is 10.8 Å². The SMILES string of the molecule is O=C(CNC(=O)OCc1ccccc1)NCC1CCCN1c1nc2ccccc2o1. The Morgan fingerprint density at radius 1 is 1.10 bits per heavy atom. The van der Waals surface area contributed by atoms with Crippen LogP contribution >= 0.6 is 0 Å². The summed E-state index contributed by atoms with van der Waals surface area (Å²) in [5, 5.41) is 5.34. The molecule has 2 amide bonds. The molecule has 2 N–H and O–H groups in total. The quantitative estimate of drug-likeness (QED) is 0.624. The molecule has 2 aromatic carbocycles. The van der Waals surface area contributed by atoms with Gasteiger partial charge in [-0.15, -0.1) is 0 Å². The molecule has 0 bridgehead atoms. The number of hydrogen-bond donors (Lipinski definition) is 2. The molecule has 8 heteroatoms. The number of nitrogens with one attached hydrogen (secondary N) is 2. The number of para-hydroxylation sites is 2. The number of hydrogen-bond acceptors (Lipinski definition) is 6. The molecule has 1 aliphatic heterocycles. The van der Waals surface area contributed by atoms with Crippen LogP contribution in [-0.4, -0.2) is 42.7 Å². The third kappa shape index (κ3) is 4.89. The summed E-state index contributed by atoms with van der Waals surface area (Å²) in [5.41, 5.74) is 2.46. The van der Waals surface area contributed by atoms with Gasteiger partial charge in [0.05, 0.1) is 12.6 Å². The summed E-state index contributed by atoms with van der Waals surface area (Å²) in [6, 6.07) is 17.7. The van der Waals surface area contributed by atoms with Crippen molar-refractivity contribution in [2.75, 3.05) is 24.5 Å². The molecule has 30 heavy (non-hydrogen) atoms. The second kappa shape index (κ2) is 9.30. The van der Waals surface area contributed by atoms with Crippen molar-refractivity contribution in [3.63, 3.8) is 0 Å². The molecule has 0 spiro atoms. The van der Waals surface area contributed by atoms with Crippen LogP contribution in [0.2, 0.25) is 0 Å². The van der Waals surface area contributed by atoms with Gasteiger partial charge in [-0.25, -0.2) is 4.79 Å². The molecule has 4 rings (SSSR count). The van der Waals surface area contributed by atoms with Crippen LogP contribution in [-0.2, 0) is 16.1 Å². The van der Waals surface area contributed by atoms with E-state index in [0.717, 1.165) is 36.0 Å². The number of amides is 2. The Labute approximate surface area is 174 Å². The first-order valence-electron chi connectivity index (χ1n) is 10.0. The van der Waals surface area contributed by atoms with E-state index in [0.29, 0.717) is 12.6 Å². The molecule has 156 valence electrons. The van der Waals surface area contributed by atoms with Gasteiger partial charge >= 0.3 is 6.09 Å². The van der Waals surface area contributed by atoms with E-state index >= 15 is 0 Å². The second-order valence-electron chi connectivity index (χ2n) is 7.17. The van der Waals surface area contributed by atoms with Crippen LogP contribution in [0.15, 0.2) is 59.0 Å². The van der Waals surface area contributed by atoms with E-state index < -0.39 is 6.09 Å². The summed E-state index contributed by atoms with van der Waals surface area (Å²) in [7, 11) is 0. The van der Waals surface area contributed by atoms with E-state index in [1.807, 2.05) is 54.6 Å². The van der Waals surface area contributed by atoms with Gasteiger partial charge in [0.1, 0.15) is 12.1 Å². The number of anilines is 1. The number of oxazole rings is 1. The molecule has 1 saturated heterocycles. The lowest BCUT2D eigenvalue weighted by atomic mass is 10.2. The Morgan fingerprint density at radius 3 is 2.73 bits per heavy atom. The van der Waals surface area contributed by atoms with Crippen molar-refractivity contribution in [3.8, 4) is 0 Å². The number of benzene rings is 2. The van der Waals surface area contributed by atoms with Gasteiger partial charge in [-0.3, -0.25) is 4.79 Å². The summed E-state index contributed by atoms with van der Waals surface area (Å²) in [6.45, 7) is 1.31. The molecule has 1 atom stereocenters. The number of carbonyl (C=O) groups is 2. The van der Waals surface area contributed by atoms with Crippen molar-refractivity contribution in [1.82, 2.24) is 15.6 Å². The van der Waals surface area contributed by atoms with Crippen LogP contribution in [0.3, 0.4) is 0 Å². The average molecular weight is 408 g/mol. The van der Waals surface area contributed by atoms with Crippen LogP contribution in [0.25, 0.3) is 11.1 Å². The molecular formula is C22H24N4O4. The topological polar surface area (TPSA) is 96.7 Å². The molecule has 0 saturated carbocycles. The van der Waals surface area contributed by atoms with Gasteiger partial charge in [0.25, 0.3) is 6.01 Å². The van der Waals surface area contributed by atoms with E-state index in [2.05, 4.69) is 20.5 Å². The Morgan fingerprint density at radius 2 is 1.90 bits per heavy atom. The molecule has 1 aliphatic rings. The zero-order valence-corrected chi connectivity index (χ0v) is 16.5. The molecule has 3 aromatic rings. The highest BCUT2D eigenvalue weighted by Crippen LogP contribution is 2.27. The third-order valence-electron chi connectivity index (χ3n) is 5.05. The summed E-state index contributed by atoms with van der Waals surface area (Å²) in [5.74, 6) is -0.268. The Kier molecular flexibility index (Phi) is 6.12. The molecule has 0 radical (unpaired) electrons. The van der Waals surface area contributed by atoms with Gasteiger partial charge in [-0.05, 0) is 30.5 Å². The standard InChI is InChI=1S/C22H24N4O4/c27-20(14-24-22(28)29-15-16-7-2-1-3-8-16)23-13-17-9-6-12-26(17)21-25-18-10-4-5-11-19(18)30-21/h1-5,7-8,10-11,17H,6,9,12-15H2,(H,23,27)(H,24,28). The molecule has 1 fully saturated rings. The largest absolute Gasteiger partial charge is 0.445 e. The number of ether oxygens (including phenoxy) is 1. The smallest absolute Gasteiger partial charge is 0.407 e. The Balaban J connectivity index is 1.21. The van der Waals surface area contributed by atoms with E-state index in [-0.39, 0.29) is 25.1 Å². The molecule has 0 aliphatic carbocycles. The third-order valence-corrected chi connectivity index (χ3v) is 5.05. The maximum atomic E-state index is 12.1. The predicted molar refractivity (Wildman–Crippen MR) is 112 cm³/mol. The van der Waals surface area contributed by atoms with Crippen molar-refractivity contribution in [1.29, 1.82) is 0 Å². The van der Waals surface area contributed by atoms with Gasteiger partial charge in [-0.2, -0.15) is 4.98 Å². The van der Waals surface area contributed by atoms with E-state index in [1.165, 1.54) is 0 Å². The maximum Gasteiger partial charge on any atom is 0.407 e. The maximum absolute atomic E-state index is 12.1. The first-order chi connectivity index (χ1) is 14.7. The minimum Gasteiger partial charge on any atom is -0.445 e. The van der Waals surface area contributed by atoms with Gasteiger partial charge in [0, 0.05) is 13.1 Å². The van der Waals surface area contributed by atoms with Gasteiger partial charge < -0.3 is 24.7 Å². The lowest BCUT2D eigenvalue weighted by molar-refractivity contribution is -0.120. The Bertz CT molecular complexity index is 972. The van der Waals surface area contributed by atoms with Crippen LogP contribution < -0.4 is 15.5 Å². The fraction of sp³-hybridized carbons (Fsp3) is 0.318. The Hall–Kier alpha value is -3.55. The van der Waals surface area contributed by atoms with Crippen molar-refractivity contribution in [2.45, 2.75) is 25.5 Å². The zero-order chi connectivity index (χ0) is 20.8. The predicted octanol–water partition coefficient (Wildman–Crippen LogP) is 2.84. The fourth-order valence-electron chi connectivity index (χ4n) is 3.50. The highest BCUT2D eigenvalue weighted by molar-refractivity contribution is 5.82. The summed E-state index contributed by atoms with van der Waals surface area (Å²) in [6.07, 6.45) is 1.32. The minimum atomic E-state index is -0.622. The lowest BCUT2D eigenvalue weighted by Crippen LogP contribution is -2.44. The van der Waals surface area contributed by atoms with Crippen molar-refractivity contribution < 1.29 is 18.7 Å². The average Bonchev–Trinajstić information content (AvgIpc) is 3.42. The number of fused-ring (bicyclic) bond motifs is 1. The number of aromatic nitrogens is 1. The number of nitrogens with zero attached hydrogens (tertiary/aromatic N) is 2. The number of alkyl carbamates (subject to hydrolysis) is 1. The first kappa shape index (κ1) is 19.8. The number of carbonyl (C=O) groups excluding carboxylic acids is 2. The summed E-state index contributed by atoms with van der Waals surface area (Å²) in [4.78, 5) is 30.5. The van der Waals surface area contributed by atoms with Gasteiger partial charge in [-0.1, -0.05) is 42.5 Å². The van der Waals surface area contributed by atoms with Crippen molar-refractivity contribution in [3.05, 3.63) is 60.2 Å². The van der Waals surface area contributed by atoms with Crippen LogP contribution in [0.1, 0.15) is 18.4 Å². The van der Waals surface area contributed by atoms with Crippen LogP contribution in [0, 0.1) is 0 Å². The molecule has 1 aromatic heterocycles. The number of rotatable bonds is 7. The van der Waals surface area contributed by atoms with Gasteiger partial charge in [0.15, 0.2) is 5.58 Å². The van der Waals surface area contributed by atoms with Gasteiger partial charge in [0.2, 0.25) is 5.91 Å². The molecule has 2 heterocycles. The monoisotopic (exact) mass is 408 g/mol. The highest BCUT2D eigenvalue weighted by Gasteiger charge is 2.28. The molecular weight excluding hydrogens is 384 g/mol. The lowest BCUT2D eigenvalue weighted by Gasteiger charge is -2.23. The molecule has 1 unspecified atom stereocenters. The molecule has 8 nitrogen and oxygen atoms in total.